The summed E-state index contributed by atoms with van der Waals surface area (Å²) in [6.45, 7) is 3.42. The van der Waals surface area contributed by atoms with Crippen LogP contribution >= 0.6 is 39.0 Å². The summed E-state index contributed by atoms with van der Waals surface area (Å²) >= 11 is 7.41. The largest absolute Gasteiger partial charge is 0.312 e. The van der Waals surface area contributed by atoms with Gasteiger partial charge < -0.3 is 10.2 Å². The summed E-state index contributed by atoms with van der Waals surface area (Å²) in [7, 11) is 2.21. The fourth-order valence-electron chi connectivity index (χ4n) is 1.96. The molecule has 5 heteroatoms. The highest BCUT2D eigenvalue weighted by atomic mass is 79.9. The minimum absolute atomic E-state index is 0.714. The smallest absolute Gasteiger partial charge is 0.0325 e. The van der Waals surface area contributed by atoms with Gasteiger partial charge >= 0.3 is 0 Å². The predicted molar refractivity (Wildman–Crippen MR) is 82.1 cm³/mol. The quantitative estimate of drug-likeness (QED) is 0.890. The number of rotatable bonds is 5. The molecule has 1 unspecified atom stereocenters. The molecule has 0 aromatic carbocycles. The number of hydrogen-bond donors (Lipinski definition) is 1. The Hall–Kier alpha value is 0.450. The van der Waals surface area contributed by atoms with Gasteiger partial charge in [0, 0.05) is 45.4 Å². The minimum Gasteiger partial charge on any atom is -0.312 e. The fraction of sp³-hybridized carbons (Fsp3) is 0.667. The van der Waals surface area contributed by atoms with E-state index in [1.807, 2.05) is 11.3 Å². The number of nitrogens with zero attached hydrogens (tertiary/aromatic N) is 1. The number of halogens is 1. The molecule has 1 saturated heterocycles. The van der Waals surface area contributed by atoms with E-state index in [9.17, 15) is 0 Å². The third-order valence-electron chi connectivity index (χ3n) is 2.91. The third-order valence-corrected chi connectivity index (χ3v) is 5.72. The Morgan fingerprint density at radius 2 is 2.47 bits per heavy atom. The summed E-state index contributed by atoms with van der Waals surface area (Å²) in [6, 6.07) is 2.93. The van der Waals surface area contributed by atoms with Crippen molar-refractivity contribution in [3.05, 3.63) is 20.8 Å². The first kappa shape index (κ1) is 13.9. The molecule has 96 valence electrons. The van der Waals surface area contributed by atoms with Crippen LogP contribution in [0.5, 0.6) is 0 Å². The molecule has 1 aromatic rings. The molecule has 1 aliphatic heterocycles. The maximum absolute atomic E-state index is 3.59. The van der Waals surface area contributed by atoms with Crippen molar-refractivity contribution in [1.82, 2.24) is 10.2 Å². The zero-order valence-electron chi connectivity index (χ0n) is 10.1. The Balaban J connectivity index is 1.68. The zero-order valence-corrected chi connectivity index (χ0v) is 13.3. The summed E-state index contributed by atoms with van der Waals surface area (Å²) in [5, 5.41) is 5.75. The average Bonchev–Trinajstić information content (AvgIpc) is 2.73. The van der Waals surface area contributed by atoms with Crippen molar-refractivity contribution in [2.24, 2.45) is 0 Å². The van der Waals surface area contributed by atoms with Crippen LogP contribution in [-0.4, -0.2) is 42.6 Å². The highest BCUT2D eigenvalue weighted by molar-refractivity contribution is 9.10. The topological polar surface area (TPSA) is 15.3 Å². The third kappa shape index (κ3) is 4.91. The molecule has 0 spiro atoms. The molecule has 17 heavy (non-hydrogen) atoms. The Bertz CT molecular complexity index is 337. The first-order chi connectivity index (χ1) is 8.24. The maximum Gasteiger partial charge on any atom is 0.0325 e. The van der Waals surface area contributed by atoms with E-state index in [-0.39, 0.29) is 0 Å². The van der Waals surface area contributed by atoms with Gasteiger partial charge in [0.05, 0.1) is 0 Å². The molecule has 0 amide bonds. The van der Waals surface area contributed by atoms with Crippen molar-refractivity contribution in [3.8, 4) is 0 Å². The van der Waals surface area contributed by atoms with Gasteiger partial charge in [-0.3, -0.25) is 0 Å². The molecule has 2 rings (SSSR count). The lowest BCUT2D eigenvalue weighted by Gasteiger charge is -2.25. The lowest BCUT2D eigenvalue weighted by molar-refractivity contribution is 0.307. The summed E-state index contributed by atoms with van der Waals surface area (Å²) in [6.07, 6.45) is 1.26. The Labute approximate surface area is 120 Å². The van der Waals surface area contributed by atoms with Gasteiger partial charge in [-0.1, -0.05) is 0 Å². The Morgan fingerprint density at radius 1 is 1.59 bits per heavy atom. The molecule has 1 fully saturated rings. The number of nitrogens with one attached hydrogen (secondary N) is 1. The van der Waals surface area contributed by atoms with Gasteiger partial charge in [0.1, 0.15) is 0 Å². The zero-order chi connectivity index (χ0) is 12.1. The van der Waals surface area contributed by atoms with Crippen LogP contribution in [0.3, 0.4) is 0 Å². The van der Waals surface area contributed by atoms with E-state index in [4.69, 9.17) is 0 Å². The second kappa shape index (κ2) is 7.14. The van der Waals surface area contributed by atoms with Crippen LogP contribution < -0.4 is 5.32 Å². The van der Waals surface area contributed by atoms with E-state index < -0.39 is 0 Å². The van der Waals surface area contributed by atoms with Gasteiger partial charge in [-0.05, 0) is 42.0 Å². The molecular formula is C12H19BrN2S2. The maximum atomic E-state index is 3.59. The van der Waals surface area contributed by atoms with Crippen molar-refractivity contribution in [3.63, 3.8) is 0 Å². The fourth-order valence-corrected chi connectivity index (χ4v) is 4.49. The molecule has 1 N–H and O–H groups in total. The molecular weight excluding hydrogens is 316 g/mol. The van der Waals surface area contributed by atoms with Crippen molar-refractivity contribution in [1.29, 1.82) is 0 Å². The monoisotopic (exact) mass is 334 g/mol. The summed E-state index contributed by atoms with van der Waals surface area (Å²) in [5.41, 5.74) is 0. The van der Waals surface area contributed by atoms with E-state index in [2.05, 4.69) is 56.4 Å². The second-order valence-electron chi connectivity index (χ2n) is 4.48. The highest BCUT2D eigenvalue weighted by Crippen LogP contribution is 2.21. The highest BCUT2D eigenvalue weighted by Gasteiger charge is 2.13. The SMILES string of the molecule is CN(CCC1CSCCN1)Cc1cc(Br)cs1. The molecule has 0 bridgehead atoms. The van der Waals surface area contributed by atoms with Crippen molar-refractivity contribution in [2.45, 2.75) is 19.0 Å². The van der Waals surface area contributed by atoms with Crippen LogP contribution in [0, 0.1) is 0 Å². The lowest BCUT2D eigenvalue weighted by Crippen LogP contribution is -2.39. The van der Waals surface area contributed by atoms with E-state index in [1.54, 1.807) is 0 Å². The predicted octanol–water partition coefficient (Wildman–Crippen LogP) is 3.04. The number of thioether (sulfide) groups is 1. The Morgan fingerprint density at radius 3 is 3.12 bits per heavy atom. The van der Waals surface area contributed by atoms with Crippen LogP contribution in [0.15, 0.2) is 15.9 Å². The first-order valence-corrected chi connectivity index (χ1v) is 8.79. The van der Waals surface area contributed by atoms with E-state index in [0.29, 0.717) is 6.04 Å². The number of thiophene rings is 1. The van der Waals surface area contributed by atoms with Gasteiger partial charge in [-0.2, -0.15) is 11.8 Å². The molecule has 1 atom stereocenters. The van der Waals surface area contributed by atoms with Gasteiger partial charge in [0.2, 0.25) is 0 Å². The van der Waals surface area contributed by atoms with Crippen molar-refractivity contribution in [2.75, 3.05) is 31.6 Å². The van der Waals surface area contributed by atoms with E-state index >= 15 is 0 Å². The van der Waals surface area contributed by atoms with Gasteiger partial charge in [0.25, 0.3) is 0 Å². The van der Waals surface area contributed by atoms with Crippen LogP contribution in [0.2, 0.25) is 0 Å². The average molecular weight is 335 g/mol. The van der Waals surface area contributed by atoms with Crippen LogP contribution in [0.1, 0.15) is 11.3 Å². The summed E-state index contributed by atoms with van der Waals surface area (Å²) in [5.74, 6) is 2.55. The van der Waals surface area contributed by atoms with Crippen LogP contribution in [-0.2, 0) is 6.54 Å². The molecule has 1 aromatic heterocycles. The molecule has 2 heterocycles. The van der Waals surface area contributed by atoms with Crippen molar-refractivity contribution < 1.29 is 0 Å². The summed E-state index contributed by atoms with van der Waals surface area (Å²) < 4.78 is 1.20. The van der Waals surface area contributed by atoms with Crippen molar-refractivity contribution >= 4 is 39.0 Å². The van der Waals surface area contributed by atoms with Gasteiger partial charge in [0.15, 0.2) is 0 Å². The van der Waals surface area contributed by atoms with E-state index in [0.717, 1.165) is 6.54 Å². The van der Waals surface area contributed by atoms with Gasteiger partial charge in [-0.15, -0.1) is 11.3 Å². The molecule has 0 aliphatic carbocycles. The Kier molecular flexibility index (Phi) is 5.83. The van der Waals surface area contributed by atoms with Gasteiger partial charge in [-0.25, -0.2) is 0 Å². The minimum atomic E-state index is 0.714. The van der Waals surface area contributed by atoms with Crippen LogP contribution in [0.4, 0.5) is 0 Å². The summed E-state index contributed by atoms with van der Waals surface area (Å²) in [4.78, 5) is 3.85. The standard InChI is InChI=1S/C12H19BrN2S2/c1-15(7-12-6-10(13)8-17-12)4-2-11-9-16-5-3-14-11/h6,8,11,14H,2-5,7,9H2,1H3. The van der Waals surface area contributed by atoms with Crippen LogP contribution in [0.25, 0.3) is 0 Å². The second-order valence-corrected chi connectivity index (χ2v) is 7.54. The lowest BCUT2D eigenvalue weighted by atomic mass is 10.2. The molecule has 1 aliphatic rings. The normalized spacial score (nSPS) is 21.0. The van der Waals surface area contributed by atoms with E-state index in [1.165, 1.54) is 40.4 Å². The molecule has 0 saturated carbocycles. The molecule has 0 radical (unpaired) electrons. The molecule has 2 nitrogen and oxygen atoms in total. The number of hydrogen-bond acceptors (Lipinski definition) is 4. The first-order valence-electron chi connectivity index (χ1n) is 5.96.